The minimum atomic E-state index is -2.94. The lowest BCUT2D eigenvalue weighted by Crippen LogP contribution is -2.56. The van der Waals surface area contributed by atoms with E-state index in [0.29, 0.717) is 6.42 Å². The summed E-state index contributed by atoms with van der Waals surface area (Å²) in [5.74, 6) is -7.91. The molecule has 3 saturated carbocycles. The van der Waals surface area contributed by atoms with Crippen LogP contribution in [0.25, 0.3) is 0 Å². The van der Waals surface area contributed by atoms with E-state index >= 15 is 4.39 Å². The maximum Gasteiger partial charge on any atom is 0.348 e. The van der Waals surface area contributed by atoms with E-state index in [4.69, 9.17) is 24.4 Å². The molecule has 3 fully saturated rings. The Morgan fingerprint density at radius 3 is 1.96 bits per heavy atom. The van der Waals surface area contributed by atoms with Gasteiger partial charge in [-0.3, -0.25) is 24.0 Å². The number of ether oxygens (including phenoxy) is 3. The fourth-order valence-electron chi connectivity index (χ4n) is 5.93. The molecular formula is C30H36FNO14. The Morgan fingerprint density at radius 2 is 1.50 bits per heavy atom. The second-order valence-corrected chi connectivity index (χ2v) is 12.0. The van der Waals surface area contributed by atoms with Gasteiger partial charge in [0.2, 0.25) is 5.67 Å². The van der Waals surface area contributed by atoms with Crippen molar-refractivity contribution in [3.05, 3.63) is 33.4 Å². The predicted octanol–water partition coefficient (Wildman–Crippen LogP) is 3.66. The van der Waals surface area contributed by atoms with Crippen LogP contribution in [0.2, 0.25) is 0 Å². The number of hydrogen-bond donors (Lipinski definition) is 2. The van der Waals surface area contributed by atoms with Gasteiger partial charge in [-0.05, 0) is 49.7 Å². The van der Waals surface area contributed by atoms with E-state index in [1.807, 2.05) is 13.8 Å². The number of unbranched alkanes of at least 4 members (excludes halogenated alkanes) is 1. The monoisotopic (exact) mass is 653 g/mol. The highest BCUT2D eigenvalue weighted by atomic mass is 19.1. The first-order chi connectivity index (χ1) is 21.4. The number of carbonyl (C=O) groups is 6. The summed E-state index contributed by atoms with van der Waals surface area (Å²) in [5, 5.41) is 27.3. The number of aliphatic carboxylic acids is 2. The summed E-state index contributed by atoms with van der Waals surface area (Å²) in [6.07, 6.45) is -1.68. The van der Waals surface area contributed by atoms with Crippen molar-refractivity contribution >= 4 is 35.6 Å². The van der Waals surface area contributed by atoms with Gasteiger partial charge in [-0.2, -0.15) is 0 Å². The van der Waals surface area contributed by atoms with Gasteiger partial charge < -0.3 is 29.3 Å². The molecule has 16 heteroatoms. The fourth-order valence-corrected chi connectivity index (χ4v) is 5.93. The summed E-state index contributed by atoms with van der Waals surface area (Å²) >= 11 is 0. The molecule has 2 bridgehead atoms. The maximum atomic E-state index is 16.2. The van der Waals surface area contributed by atoms with Crippen molar-refractivity contribution in [1.82, 2.24) is 0 Å². The molecule has 0 heterocycles. The number of carboxylic acid groups (broad SMARTS) is 2. The number of esters is 3. The topological polar surface area (TPSA) is 223 Å². The summed E-state index contributed by atoms with van der Waals surface area (Å²) in [7, 11) is 0. The molecule has 0 spiro atoms. The Labute approximate surface area is 262 Å². The lowest BCUT2D eigenvalue weighted by Gasteiger charge is -2.59. The van der Waals surface area contributed by atoms with E-state index < -0.39 is 83.2 Å². The highest BCUT2D eigenvalue weighted by Gasteiger charge is 2.59. The molecule has 15 nitrogen and oxygen atoms in total. The van der Waals surface area contributed by atoms with Crippen molar-refractivity contribution in [2.75, 3.05) is 13.2 Å². The van der Waals surface area contributed by atoms with E-state index in [2.05, 4.69) is 4.84 Å². The van der Waals surface area contributed by atoms with Crippen LogP contribution in [0.4, 0.5) is 4.39 Å². The van der Waals surface area contributed by atoms with Gasteiger partial charge in [0, 0.05) is 29.4 Å². The van der Waals surface area contributed by atoms with E-state index in [-0.39, 0.29) is 67.2 Å². The van der Waals surface area contributed by atoms with Crippen LogP contribution in [0.3, 0.4) is 0 Å². The smallest absolute Gasteiger partial charge is 0.348 e. The second-order valence-electron chi connectivity index (χ2n) is 12.0. The highest BCUT2D eigenvalue weighted by Crippen LogP contribution is 2.64. The summed E-state index contributed by atoms with van der Waals surface area (Å²) in [6, 6.07) is 2.05. The second kappa shape index (κ2) is 14.6. The number of nitrogens with zero attached hydrogens (tertiary/aromatic N) is 1. The van der Waals surface area contributed by atoms with Crippen LogP contribution in [-0.4, -0.2) is 64.1 Å². The van der Waals surface area contributed by atoms with Gasteiger partial charge in [0.15, 0.2) is 0 Å². The summed E-state index contributed by atoms with van der Waals surface area (Å²) < 4.78 is 32.3. The van der Waals surface area contributed by atoms with Crippen LogP contribution in [0, 0.1) is 27.4 Å². The molecule has 0 radical (unpaired) electrons. The number of Topliss-reactive ketones (excluding diaryl/α,β-unsaturated/α-hetero) is 1. The normalized spacial score (nSPS) is 20.8. The Hall–Kier alpha value is -4.63. The average molecular weight is 654 g/mol. The molecule has 0 amide bonds. The van der Waals surface area contributed by atoms with Crippen molar-refractivity contribution in [1.29, 1.82) is 0 Å². The van der Waals surface area contributed by atoms with Gasteiger partial charge in [0.05, 0.1) is 38.9 Å². The van der Waals surface area contributed by atoms with Gasteiger partial charge in [-0.1, -0.05) is 13.8 Å². The third-order valence-corrected chi connectivity index (χ3v) is 8.54. The van der Waals surface area contributed by atoms with E-state index in [1.165, 1.54) is 0 Å². The Morgan fingerprint density at radius 1 is 0.978 bits per heavy atom. The molecule has 2 N–H and O–H groups in total. The van der Waals surface area contributed by atoms with Gasteiger partial charge >= 0.3 is 29.8 Å². The highest BCUT2D eigenvalue weighted by molar-refractivity contribution is 5.87. The van der Waals surface area contributed by atoms with Crippen molar-refractivity contribution in [2.24, 2.45) is 17.3 Å². The third kappa shape index (κ3) is 8.54. The molecule has 1 aromatic carbocycles. The van der Waals surface area contributed by atoms with Crippen LogP contribution >= 0.6 is 0 Å². The number of alkyl halides is 1. The average Bonchev–Trinajstić information content (AvgIpc) is 2.95. The Bertz CT molecular complexity index is 1350. The van der Waals surface area contributed by atoms with Crippen LogP contribution in [0.15, 0.2) is 12.1 Å². The standard InChI is InChI=1S/C30H36FNO14/c1-29(2)18-15-19(29)20(33)14-17(18)27-21(45-25(38)8-6-23(34)35)12-16(13-22(27)46-26(39)9-7-24(36)37)30(3,31)28(40)43-10-4-5-11-44-32(41)42/h12-13,17-19H,4-11,14-15H2,1-3H3,(H,34,35)(H,36,37)/t17-,18-,19+,30?/m0/s1. The van der Waals surface area contributed by atoms with Crippen LogP contribution in [-0.2, 0) is 44.0 Å². The number of benzene rings is 1. The number of hydrogen-bond acceptors (Lipinski definition) is 12. The molecule has 0 aromatic heterocycles. The zero-order valence-corrected chi connectivity index (χ0v) is 25.6. The van der Waals surface area contributed by atoms with Gasteiger partial charge in [0.25, 0.3) is 5.09 Å². The Balaban J connectivity index is 2.05. The van der Waals surface area contributed by atoms with Crippen molar-refractivity contribution < 1.29 is 67.5 Å². The van der Waals surface area contributed by atoms with Crippen LogP contribution in [0.1, 0.15) is 89.2 Å². The lowest BCUT2D eigenvalue weighted by atomic mass is 9.44. The molecule has 1 aromatic rings. The Kier molecular flexibility index (Phi) is 11.4. The molecular weight excluding hydrogens is 617 g/mol. The van der Waals surface area contributed by atoms with E-state index in [9.17, 15) is 38.9 Å². The number of ketones is 1. The molecule has 46 heavy (non-hydrogen) atoms. The zero-order valence-electron chi connectivity index (χ0n) is 25.6. The number of carboxylic acids is 2. The van der Waals surface area contributed by atoms with Gasteiger partial charge in [-0.25, -0.2) is 9.18 Å². The minimum Gasteiger partial charge on any atom is -0.481 e. The summed E-state index contributed by atoms with van der Waals surface area (Å²) in [5.41, 5.74) is -3.86. The number of carbonyl (C=O) groups excluding carboxylic acids is 4. The van der Waals surface area contributed by atoms with Crippen LogP contribution in [0.5, 0.6) is 11.5 Å². The van der Waals surface area contributed by atoms with E-state index in [0.717, 1.165) is 19.1 Å². The molecule has 4 rings (SSSR count). The number of fused-ring (bicyclic) bond motifs is 2. The number of halogens is 1. The first-order valence-electron chi connectivity index (χ1n) is 14.6. The first kappa shape index (κ1) is 35.8. The van der Waals surface area contributed by atoms with Crippen molar-refractivity contribution in [3.8, 4) is 11.5 Å². The lowest BCUT2D eigenvalue weighted by molar-refractivity contribution is -0.757. The largest absolute Gasteiger partial charge is 0.481 e. The maximum absolute atomic E-state index is 16.2. The van der Waals surface area contributed by atoms with Gasteiger partial charge in [-0.15, -0.1) is 10.1 Å². The quantitative estimate of drug-likeness (QED) is 0.0805. The molecule has 4 atom stereocenters. The molecule has 3 aliphatic rings. The van der Waals surface area contributed by atoms with Crippen molar-refractivity contribution in [2.45, 2.75) is 83.7 Å². The van der Waals surface area contributed by atoms with Gasteiger partial charge in [0.1, 0.15) is 17.3 Å². The molecule has 0 aliphatic heterocycles. The summed E-state index contributed by atoms with van der Waals surface area (Å²) in [6.45, 7) is 4.02. The molecule has 252 valence electrons. The predicted molar refractivity (Wildman–Crippen MR) is 151 cm³/mol. The summed E-state index contributed by atoms with van der Waals surface area (Å²) in [4.78, 5) is 88.0. The van der Waals surface area contributed by atoms with E-state index in [1.54, 1.807) is 0 Å². The third-order valence-electron chi connectivity index (χ3n) is 8.54. The molecule has 3 aliphatic carbocycles. The fraction of sp³-hybridized carbons (Fsp3) is 0.600. The molecule has 0 saturated heterocycles. The zero-order chi connectivity index (χ0) is 34.4. The van der Waals surface area contributed by atoms with Crippen molar-refractivity contribution in [3.63, 3.8) is 0 Å². The SMILES string of the molecule is CC(F)(C(=O)OCCCCO[N+](=O)[O-])c1cc(OC(=O)CCC(=O)O)c([C@H]2CC(=O)[C@H]3C[C@@H]2C3(C)C)c(OC(=O)CCC(=O)O)c1. The number of rotatable bonds is 17. The minimum absolute atomic E-state index is 0.0352. The first-order valence-corrected chi connectivity index (χ1v) is 14.6. The molecule has 1 unspecified atom stereocenters. The van der Waals surface area contributed by atoms with Crippen LogP contribution < -0.4 is 9.47 Å².